The number of ether oxygens (including phenoxy) is 1. The molecule has 41 heavy (non-hydrogen) atoms. The van der Waals surface area contributed by atoms with E-state index in [0.29, 0.717) is 29.7 Å². The Bertz CT molecular complexity index is 1570. The van der Waals surface area contributed by atoms with Gasteiger partial charge in [0.25, 0.3) is 0 Å². The van der Waals surface area contributed by atoms with Crippen molar-refractivity contribution in [2.45, 2.75) is 45.6 Å². The standard InChI is InChI=1S/C31H35N5O5/c1-20-24(35-30(39)41-31(2,3)4)14-15-25-26(20)28(38)40-29(34-25)36(5)19-23(21-11-7-6-8-12-21)27(37)33-18-16-22-13-9-10-17-32-22/h6-15,17,23H,16,18-19H2,1-5H3,(H,33,37)(H,35,39). The van der Waals surface area contributed by atoms with Gasteiger partial charge >= 0.3 is 17.7 Å². The highest BCUT2D eigenvalue weighted by Gasteiger charge is 2.25. The molecule has 0 bridgehead atoms. The Morgan fingerprint density at radius 3 is 2.46 bits per heavy atom. The van der Waals surface area contributed by atoms with E-state index in [9.17, 15) is 14.4 Å². The van der Waals surface area contributed by atoms with E-state index in [1.807, 2.05) is 48.5 Å². The summed E-state index contributed by atoms with van der Waals surface area (Å²) >= 11 is 0. The molecule has 1 atom stereocenters. The Labute approximate surface area is 238 Å². The lowest BCUT2D eigenvalue weighted by Gasteiger charge is -2.24. The Morgan fingerprint density at radius 1 is 1.05 bits per heavy atom. The van der Waals surface area contributed by atoms with Gasteiger partial charge in [-0.3, -0.25) is 15.1 Å². The highest BCUT2D eigenvalue weighted by molar-refractivity contribution is 5.93. The zero-order valence-electron chi connectivity index (χ0n) is 23.9. The van der Waals surface area contributed by atoms with Gasteiger partial charge in [0.15, 0.2) is 0 Å². The van der Waals surface area contributed by atoms with Crippen LogP contribution in [-0.4, -0.2) is 47.7 Å². The van der Waals surface area contributed by atoms with Crippen molar-refractivity contribution in [3.8, 4) is 0 Å². The van der Waals surface area contributed by atoms with Gasteiger partial charge in [-0.05, 0) is 63.1 Å². The highest BCUT2D eigenvalue weighted by Crippen LogP contribution is 2.26. The first kappa shape index (κ1) is 29.3. The molecular weight excluding hydrogens is 522 g/mol. The first-order valence-corrected chi connectivity index (χ1v) is 13.4. The Morgan fingerprint density at radius 2 is 1.78 bits per heavy atom. The zero-order valence-corrected chi connectivity index (χ0v) is 23.9. The average Bonchev–Trinajstić information content (AvgIpc) is 2.93. The molecule has 0 spiro atoms. The number of rotatable bonds is 9. The van der Waals surface area contributed by atoms with Crippen LogP contribution in [0.3, 0.4) is 0 Å². The van der Waals surface area contributed by atoms with Crippen LogP contribution >= 0.6 is 0 Å². The van der Waals surface area contributed by atoms with E-state index in [0.717, 1.165) is 11.3 Å². The van der Waals surface area contributed by atoms with E-state index in [1.165, 1.54) is 0 Å². The number of amides is 2. The maximum atomic E-state index is 13.3. The van der Waals surface area contributed by atoms with Crippen molar-refractivity contribution in [3.63, 3.8) is 0 Å². The number of nitrogens with zero attached hydrogens (tertiary/aromatic N) is 3. The fourth-order valence-electron chi connectivity index (χ4n) is 4.38. The number of carbonyl (C=O) groups is 2. The molecule has 0 fully saturated rings. The number of pyridine rings is 1. The minimum absolute atomic E-state index is 0.0805. The van der Waals surface area contributed by atoms with Crippen molar-refractivity contribution in [3.05, 3.63) is 94.1 Å². The van der Waals surface area contributed by atoms with Crippen LogP contribution in [0.1, 0.15) is 43.5 Å². The normalized spacial score (nSPS) is 12.0. The number of nitrogens with one attached hydrogen (secondary N) is 2. The lowest BCUT2D eigenvalue weighted by atomic mass is 9.97. The Balaban J connectivity index is 1.53. The maximum Gasteiger partial charge on any atom is 0.412 e. The molecule has 10 nitrogen and oxygen atoms in total. The number of likely N-dealkylation sites (N-methyl/N-ethyl adjacent to an activating group) is 1. The smallest absolute Gasteiger partial charge is 0.412 e. The molecule has 0 aliphatic carbocycles. The summed E-state index contributed by atoms with van der Waals surface area (Å²) in [7, 11) is 1.72. The number of carbonyl (C=O) groups excluding carboxylic acids is 2. The number of aryl methyl sites for hydroxylation is 1. The molecule has 2 amide bonds. The molecule has 1 unspecified atom stereocenters. The molecule has 0 aliphatic heterocycles. The van der Waals surface area contributed by atoms with E-state index in [2.05, 4.69) is 20.6 Å². The molecule has 2 aromatic carbocycles. The van der Waals surface area contributed by atoms with Crippen LogP contribution in [0.25, 0.3) is 10.9 Å². The first-order valence-electron chi connectivity index (χ1n) is 13.4. The second kappa shape index (κ2) is 12.6. The van der Waals surface area contributed by atoms with Crippen molar-refractivity contribution in [2.24, 2.45) is 0 Å². The zero-order chi connectivity index (χ0) is 29.6. The molecule has 0 aliphatic rings. The fraction of sp³-hybridized carbons (Fsp3) is 0.323. The number of fused-ring (bicyclic) bond motifs is 1. The summed E-state index contributed by atoms with van der Waals surface area (Å²) in [6.07, 6.45) is 1.71. The van der Waals surface area contributed by atoms with Gasteiger partial charge in [-0.25, -0.2) is 9.59 Å². The van der Waals surface area contributed by atoms with Crippen LogP contribution in [0.4, 0.5) is 16.5 Å². The summed E-state index contributed by atoms with van der Waals surface area (Å²) in [6, 6.07) is 18.5. The van der Waals surface area contributed by atoms with Gasteiger partial charge in [-0.2, -0.15) is 4.98 Å². The van der Waals surface area contributed by atoms with Gasteiger partial charge in [-0.1, -0.05) is 36.4 Å². The van der Waals surface area contributed by atoms with E-state index in [-0.39, 0.29) is 23.9 Å². The molecule has 4 aromatic rings. The van der Waals surface area contributed by atoms with Crippen LogP contribution in [0, 0.1) is 6.92 Å². The van der Waals surface area contributed by atoms with Crippen molar-refractivity contribution in [1.29, 1.82) is 0 Å². The molecular formula is C31H35N5O5. The monoisotopic (exact) mass is 557 g/mol. The van der Waals surface area contributed by atoms with Crippen molar-refractivity contribution in [1.82, 2.24) is 15.3 Å². The quantitative estimate of drug-likeness (QED) is 0.300. The minimum Gasteiger partial charge on any atom is -0.444 e. The summed E-state index contributed by atoms with van der Waals surface area (Å²) in [5, 5.41) is 5.94. The summed E-state index contributed by atoms with van der Waals surface area (Å²) in [5.74, 6) is -0.703. The molecule has 0 saturated heterocycles. The summed E-state index contributed by atoms with van der Waals surface area (Å²) < 4.78 is 10.9. The molecule has 0 radical (unpaired) electrons. The first-order chi connectivity index (χ1) is 19.5. The second-order valence-corrected chi connectivity index (χ2v) is 10.7. The molecule has 2 aromatic heterocycles. The lowest BCUT2D eigenvalue weighted by molar-refractivity contribution is -0.122. The van der Waals surface area contributed by atoms with Crippen LogP contribution in [0.5, 0.6) is 0 Å². The van der Waals surface area contributed by atoms with Gasteiger partial charge in [0.1, 0.15) is 5.60 Å². The summed E-state index contributed by atoms with van der Waals surface area (Å²) in [5.41, 5.74) is 1.80. The van der Waals surface area contributed by atoms with Crippen molar-refractivity contribution < 1.29 is 18.7 Å². The Hall–Kier alpha value is -4.73. The number of hydrogen-bond acceptors (Lipinski definition) is 8. The van der Waals surface area contributed by atoms with E-state index in [1.54, 1.807) is 58.0 Å². The molecule has 4 rings (SSSR count). The van der Waals surface area contributed by atoms with Crippen molar-refractivity contribution >= 4 is 34.6 Å². The predicted molar refractivity (Wildman–Crippen MR) is 158 cm³/mol. The molecule has 2 N–H and O–H groups in total. The number of anilines is 2. The van der Waals surface area contributed by atoms with Gasteiger partial charge in [0, 0.05) is 44.1 Å². The minimum atomic E-state index is -0.664. The van der Waals surface area contributed by atoms with Crippen molar-refractivity contribution in [2.75, 3.05) is 30.4 Å². The van der Waals surface area contributed by atoms with E-state index in [4.69, 9.17) is 9.15 Å². The summed E-state index contributed by atoms with van der Waals surface area (Å²) in [4.78, 5) is 49.2. The van der Waals surface area contributed by atoms with Crippen LogP contribution in [0.15, 0.2) is 76.1 Å². The van der Waals surface area contributed by atoms with Crippen LogP contribution < -0.4 is 21.2 Å². The largest absolute Gasteiger partial charge is 0.444 e. The third-order valence-electron chi connectivity index (χ3n) is 6.39. The van der Waals surface area contributed by atoms with Gasteiger partial charge < -0.3 is 19.4 Å². The number of aromatic nitrogens is 2. The number of benzene rings is 2. The third kappa shape index (κ3) is 7.69. The fourth-order valence-corrected chi connectivity index (χ4v) is 4.38. The van der Waals surface area contributed by atoms with Gasteiger partial charge in [-0.15, -0.1) is 0 Å². The number of hydrogen-bond donors (Lipinski definition) is 2. The average molecular weight is 558 g/mol. The lowest BCUT2D eigenvalue weighted by Crippen LogP contribution is -2.37. The second-order valence-electron chi connectivity index (χ2n) is 10.7. The molecule has 10 heteroatoms. The molecule has 214 valence electrons. The van der Waals surface area contributed by atoms with Gasteiger partial charge in [0.05, 0.1) is 16.8 Å². The Kier molecular flexibility index (Phi) is 9.01. The van der Waals surface area contributed by atoms with Crippen LogP contribution in [-0.2, 0) is 16.0 Å². The third-order valence-corrected chi connectivity index (χ3v) is 6.39. The molecule has 0 saturated carbocycles. The predicted octanol–water partition coefficient (Wildman–Crippen LogP) is 4.82. The molecule has 2 heterocycles. The topological polar surface area (TPSA) is 127 Å². The summed E-state index contributed by atoms with van der Waals surface area (Å²) in [6.45, 7) is 7.67. The van der Waals surface area contributed by atoms with Gasteiger partial charge in [0.2, 0.25) is 5.91 Å². The highest BCUT2D eigenvalue weighted by atomic mass is 16.6. The van der Waals surface area contributed by atoms with E-state index >= 15 is 0 Å². The SMILES string of the molecule is Cc1c(NC(=O)OC(C)(C)C)ccc2nc(N(C)CC(C(=O)NCCc3ccccn3)c3ccccc3)oc(=O)c12. The van der Waals surface area contributed by atoms with Crippen LogP contribution in [0.2, 0.25) is 0 Å². The maximum absolute atomic E-state index is 13.3. The van der Waals surface area contributed by atoms with E-state index < -0.39 is 23.2 Å².